The van der Waals surface area contributed by atoms with Gasteiger partial charge in [-0.25, -0.2) is 0 Å². The fourth-order valence-electron chi connectivity index (χ4n) is 4.97. The second-order valence-electron chi connectivity index (χ2n) is 8.67. The lowest BCUT2D eigenvalue weighted by Crippen LogP contribution is -2.46. The van der Waals surface area contributed by atoms with Gasteiger partial charge in [0.15, 0.2) is 0 Å². The minimum Gasteiger partial charge on any atom is -0.497 e. The van der Waals surface area contributed by atoms with Crippen molar-refractivity contribution in [3.05, 3.63) is 59.2 Å². The highest BCUT2D eigenvalue weighted by Gasteiger charge is 2.31. The molecule has 1 atom stereocenters. The zero-order valence-corrected chi connectivity index (χ0v) is 18.1. The maximum absolute atomic E-state index is 13.0. The number of piperazine rings is 1. The number of hydrogen-bond acceptors (Lipinski definition) is 3. The van der Waals surface area contributed by atoms with E-state index < -0.39 is 11.7 Å². The molecule has 31 heavy (non-hydrogen) atoms. The first kappa shape index (κ1) is 22.0. The van der Waals surface area contributed by atoms with Crippen molar-refractivity contribution in [2.24, 2.45) is 0 Å². The number of nitrogens with zero attached hydrogens (tertiary/aromatic N) is 2. The Labute approximate surface area is 182 Å². The van der Waals surface area contributed by atoms with Gasteiger partial charge in [-0.2, -0.15) is 13.2 Å². The van der Waals surface area contributed by atoms with Crippen LogP contribution in [0.4, 0.5) is 18.9 Å². The summed E-state index contributed by atoms with van der Waals surface area (Å²) < 4.78 is 44.4. The Balaban J connectivity index is 1.27. The van der Waals surface area contributed by atoms with Crippen LogP contribution in [0, 0.1) is 0 Å². The van der Waals surface area contributed by atoms with E-state index >= 15 is 0 Å². The van der Waals surface area contributed by atoms with E-state index in [0.29, 0.717) is 11.6 Å². The Morgan fingerprint density at radius 3 is 2.58 bits per heavy atom. The standard InChI is InChI=1S/C25H31F3N2O/c1-31-23-11-10-20-6-2-5-19(24(20)18-23)7-4-12-29-13-15-30(16-14-29)22-9-3-8-21(17-22)25(26,27)28/h3,8-11,17-19H,2,4-7,12-16H2,1H3. The molecule has 1 unspecified atom stereocenters. The van der Waals surface area contributed by atoms with Crippen molar-refractivity contribution in [2.75, 3.05) is 44.7 Å². The lowest BCUT2D eigenvalue weighted by atomic mass is 9.80. The van der Waals surface area contributed by atoms with Crippen LogP contribution in [0.1, 0.15) is 48.3 Å². The third kappa shape index (κ3) is 5.35. The highest BCUT2D eigenvalue weighted by Crippen LogP contribution is 2.37. The van der Waals surface area contributed by atoms with Crippen LogP contribution in [-0.4, -0.2) is 44.7 Å². The molecule has 1 fully saturated rings. The van der Waals surface area contributed by atoms with Gasteiger partial charge in [0.2, 0.25) is 0 Å². The Morgan fingerprint density at radius 1 is 1.03 bits per heavy atom. The lowest BCUT2D eigenvalue weighted by molar-refractivity contribution is -0.137. The van der Waals surface area contributed by atoms with Gasteiger partial charge in [-0.15, -0.1) is 0 Å². The first-order valence-electron chi connectivity index (χ1n) is 11.3. The Hall–Kier alpha value is -2.21. The predicted molar refractivity (Wildman–Crippen MR) is 118 cm³/mol. The van der Waals surface area contributed by atoms with Gasteiger partial charge < -0.3 is 9.64 Å². The van der Waals surface area contributed by atoms with E-state index in [-0.39, 0.29) is 0 Å². The van der Waals surface area contributed by atoms with Gasteiger partial charge in [-0.05, 0) is 86.0 Å². The average molecular weight is 433 g/mol. The molecule has 0 radical (unpaired) electrons. The predicted octanol–water partition coefficient (Wildman–Crippen LogP) is 5.74. The molecule has 1 heterocycles. The van der Waals surface area contributed by atoms with Crippen molar-refractivity contribution in [3.8, 4) is 5.75 Å². The maximum Gasteiger partial charge on any atom is 0.416 e. The SMILES string of the molecule is COc1ccc2c(c1)C(CCCN1CCN(c3cccc(C(F)(F)F)c3)CC1)CCC2. The topological polar surface area (TPSA) is 15.7 Å². The number of halogens is 3. The number of fused-ring (bicyclic) bond motifs is 1. The smallest absolute Gasteiger partial charge is 0.416 e. The number of hydrogen-bond donors (Lipinski definition) is 0. The van der Waals surface area contributed by atoms with Crippen molar-refractivity contribution in [3.63, 3.8) is 0 Å². The number of ether oxygens (including phenoxy) is 1. The summed E-state index contributed by atoms with van der Waals surface area (Å²) in [6.07, 6.45) is 1.68. The average Bonchev–Trinajstić information content (AvgIpc) is 2.79. The van der Waals surface area contributed by atoms with E-state index in [9.17, 15) is 13.2 Å². The van der Waals surface area contributed by atoms with E-state index in [0.717, 1.165) is 57.4 Å². The maximum atomic E-state index is 13.0. The Bertz CT molecular complexity index is 875. The number of methoxy groups -OCH3 is 1. The second-order valence-corrected chi connectivity index (χ2v) is 8.67. The summed E-state index contributed by atoms with van der Waals surface area (Å²) in [7, 11) is 1.72. The van der Waals surface area contributed by atoms with Crippen molar-refractivity contribution >= 4 is 5.69 Å². The normalized spacial score (nSPS) is 19.9. The molecule has 4 rings (SSSR count). The third-order valence-corrected chi connectivity index (χ3v) is 6.73. The van der Waals surface area contributed by atoms with E-state index in [1.807, 2.05) is 0 Å². The molecule has 0 saturated carbocycles. The van der Waals surface area contributed by atoms with Crippen LogP contribution < -0.4 is 9.64 Å². The van der Waals surface area contributed by atoms with Gasteiger partial charge >= 0.3 is 6.18 Å². The molecule has 0 aromatic heterocycles. The molecule has 2 aromatic carbocycles. The molecule has 1 saturated heterocycles. The number of alkyl halides is 3. The summed E-state index contributed by atoms with van der Waals surface area (Å²) in [6, 6.07) is 12.2. The van der Waals surface area contributed by atoms with Crippen LogP contribution in [0.15, 0.2) is 42.5 Å². The minimum atomic E-state index is -4.29. The molecule has 2 aromatic rings. The van der Waals surface area contributed by atoms with Crippen molar-refractivity contribution < 1.29 is 17.9 Å². The van der Waals surface area contributed by atoms with E-state index in [4.69, 9.17) is 4.74 Å². The van der Waals surface area contributed by atoms with Gasteiger partial charge in [0.1, 0.15) is 5.75 Å². The fourth-order valence-corrected chi connectivity index (χ4v) is 4.97. The molecule has 1 aliphatic heterocycles. The molecule has 6 heteroatoms. The fraction of sp³-hybridized carbons (Fsp3) is 0.520. The zero-order valence-electron chi connectivity index (χ0n) is 18.1. The molecule has 168 valence electrons. The van der Waals surface area contributed by atoms with Crippen molar-refractivity contribution in [1.29, 1.82) is 0 Å². The molecule has 1 aliphatic carbocycles. The highest BCUT2D eigenvalue weighted by atomic mass is 19.4. The molecule has 2 aliphatic rings. The Morgan fingerprint density at radius 2 is 1.84 bits per heavy atom. The zero-order chi connectivity index (χ0) is 21.8. The molecule has 0 spiro atoms. The van der Waals surface area contributed by atoms with Gasteiger partial charge in [-0.1, -0.05) is 12.1 Å². The van der Waals surface area contributed by atoms with Gasteiger partial charge in [0.25, 0.3) is 0 Å². The largest absolute Gasteiger partial charge is 0.497 e. The van der Waals surface area contributed by atoms with Crippen molar-refractivity contribution in [2.45, 2.75) is 44.2 Å². The number of rotatable bonds is 6. The quantitative estimate of drug-likeness (QED) is 0.579. The van der Waals surface area contributed by atoms with E-state index in [2.05, 4.69) is 28.0 Å². The molecular weight excluding hydrogens is 401 g/mol. The summed E-state index contributed by atoms with van der Waals surface area (Å²) >= 11 is 0. The molecular formula is C25H31F3N2O. The van der Waals surface area contributed by atoms with E-state index in [1.165, 1.54) is 42.5 Å². The molecule has 0 bridgehead atoms. The number of aryl methyl sites for hydroxylation is 1. The van der Waals surface area contributed by atoms with Crippen LogP contribution in [0.3, 0.4) is 0 Å². The Kier molecular flexibility index (Phi) is 6.75. The van der Waals surface area contributed by atoms with Gasteiger partial charge in [0, 0.05) is 31.9 Å². The lowest BCUT2D eigenvalue weighted by Gasteiger charge is -2.36. The first-order valence-corrected chi connectivity index (χ1v) is 11.3. The second kappa shape index (κ2) is 9.51. The summed E-state index contributed by atoms with van der Waals surface area (Å²) in [4.78, 5) is 4.51. The highest BCUT2D eigenvalue weighted by molar-refractivity contribution is 5.49. The summed E-state index contributed by atoms with van der Waals surface area (Å²) in [5.41, 5.74) is 3.02. The van der Waals surface area contributed by atoms with Crippen LogP contribution in [0.2, 0.25) is 0 Å². The van der Waals surface area contributed by atoms with Crippen LogP contribution in [0.5, 0.6) is 5.75 Å². The summed E-state index contributed by atoms with van der Waals surface area (Å²) in [5, 5.41) is 0. The molecule has 3 nitrogen and oxygen atoms in total. The van der Waals surface area contributed by atoms with Crippen LogP contribution in [0.25, 0.3) is 0 Å². The van der Waals surface area contributed by atoms with Crippen molar-refractivity contribution in [1.82, 2.24) is 4.90 Å². The minimum absolute atomic E-state index is 0.572. The van der Waals surface area contributed by atoms with Gasteiger partial charge in [-0.3, -0.25) is 4.90 Å². The van der Waals surface area contributed by atoms with Gasteiger partial charge in [0.05, 0.1) is 12.7 Å². The summed E-state index contributed by atoms with van der Waals surface area (Å²) in [6.45, 7) is 4.37. The molecule has 0 N–H and O–H groups in total. The third-order valence-electron chi connectivity index (χ3n) is 6.73. The van der Waals surface area contributed by atoms with Crippen LogP contribution >= 0.6 is 0 Å². The van der Waals surface area contributed by atoms with Crippen LogP contribution in [-0.2, 0) is 12.6 Å². The first-order chi connectivity index (χ1) is 14.9. The number of anilines is 1. The molecule has 0 amide bonds. The van der Waals surface area contributed by atoms with E-state index in [1.54, 1.807) is 13.2 Å². The number of benzene rings is 2. The summed E-state index contributed by atoms with van der Waals surface area (Å²) in [5.74, 6) is 1.54. The monoisotopic (exact) mass is 432 g/mol.